The number of aliphatic hydroxyl groups excluding tert-OH is 1. The Morgan fingerprint density at radius 2 is 1.92 bits per heavy atom. The van der Waals surface area contributed by atoms with Gasteiger partial charge in [0.25, 0.3) is 5.91 Å². The van der Waals surface area contributed by atoms with Gasteiger partial charge in [-0.15, -0.1) is 12.4 Å². The number of aryl methyl sites for hydroxylation is 1. The fraction of sp³-hybridized carbons (Fsp3) is 0.316. The van der Waals surface area contributed by atoms with Crippen molar-refractivity contribution in [1.82, 2.24) is 4.90 Å². The molecule has 0 saturated carbocycles. The summed E-state index contributed by atoms with van der Waals surface area (Å²) < 4.78 is 5.50. The number of hydrogen-bond acceptors (Lipinski definition) is 4. The first kappa shape index (κ1) is 21.0. The van der Waals surface area contributed by atoms with Crippen molar-refractivity contribution in [3.8, 4) is 0 Å². The number of aliphatic hydroxyl groups is 1. The third kappa shape index (κ3) is 6.38. The summed E-state index contributed by atoms with van der Waals surface area (Å²) in [5.74, 6) is -0.165. The number of carbonyl (C=O) groups excluding carboxylic acids is 1. The number of nitrogen functional groups attached to an aromatic ring is 1. The third-order valence-corrected chi connectivity index (χ3v) is 3.75. The Labute approximate surface area is 154 Å². The zero-order chi connectivity index (χ0) is 17.5. The van der Waals surface area contributed by atoms with Crippen LogP contribution in [0.15, 0.2) is 48.5 Å². The lowest BCUT2D eigenvalue weighted by molar-refractivity contribution is 0.0137. The van der Waals surface area contributed by atoms with E-state index < -0.39 is 6.10 Å². The molecule has 0 aromatic heterocycles. The Bertz CT molecular complexity index is 680. The molecule has 136 valence electrons. The van der Waals surface area contributed by atoms with Crippen LogP contribution in [-0.4, -0.2) is 42.2 Å². The molecule has 0 spiro atoms. The number of benzene rings is 2. The predicted molar refractivity (Wildman–Crippen MR) is 102 cm³/mol. The summed E-state index contributed by atoms with van der Waals surface area (Å²) in [5.41, 5.74) is 8.75. The summed E-state index contributed by atoms with van der Waals surface area (Å²) in [5, 5.41) is 10.1. The SMILES string of the molecule is Cc1ccc(N)cc1C(=O)N(C)CC(O)COCc1ccccc1.Cl. The Morgan fingerprint density at radius 1 is 1.24 bits per heavy atom. The molecule has 0 radical (unpaired) electrons. The molecule has 2 aromatic rings. The number of nitrogens with zero attached hydrogens (tertiary/aromatic N) is 1. The van der Waals surface area contributed by atoms with E-state index in [9.17, 15) is 9.90 Å². The van der Waals surface area contributed by atoms with Crippen molar-refractivity contribution in [3.63, 3.8) is 0 Å². The van der Waals surface area contributed by atoms with E-state index in [4.69, 9.17) is 10.5 Å². The minimum atomic E-state index is -0.746. The van der Waals surface area contributed by atoms with E-state index in [0.717, 1.165) is 11.1 Å². The number of ether oxygens (including phenoxy) is 1. The van der Waals surface area contributed by atoms with Gasteiger partial charge in [-0.2, -0.15) is 0 Å². The van der Waals surface area contributed by atoms with Gasteiger partial charge in [-0.05, 0) is 30.2 Å². The second kappa shape index (κ2) is 10.0. The van der Waals surface area contributed by atoms with Crippen LogP contribution in [0.1, 0.15) is 21.5 Å². The minimum Gasteiger partial charge on any atom is -0.399 e. The van der Waals surface area contributed by atoms with E-state index in [2.05, 4.69) is 0 Å². The van der Waals surface area contributed by atoms with Crippen LogP contribution in [0.5, 0.6) is 0 Å². The van der Waals surface area contributed by atoms with Crippen molar-refractivity contribution < 1.29 is 14.6 Å². The maximum atomic E-state index is 12.5. The maximum absolute atomic E-state index is 12.5. The fourth-order valence-electron chi connectivity index (χ4n) is 2.41. The third-order valence-electron chi connectivity index (χ3n) is 3.75. The van der Waals surface area contributed by atoms with E-state index in [-0.39, 0.29) is 31.5 Å². The Hall–Kier alpha value is -2.08. The van der Waals surface area contributed by atoms with Crippen molar-refractivity contribution in [3.05, 3.63) is 65.2 Å². The Balaban J connectivity index is 0.00000312. The molecule has 3 N–H and O–H groups in total. The van der Waals surface area contributed by atoms with Gasteiger partial charge in [0.1, 0.15) is 0 Å². The van der Waals surface area contributed by atoms with Crippen LogP contribution in [0.25, 0.3) is 0 Å². The molecule has 0 aliphatic rings. The number of rotatable bonds is 7. The standard InChI is InChI=1S/C19H24N2O3.ClH/c1-14-8-9-16(20)10-18(14)19(23)21(2)11-17(22)13-24-12-15-6-4-3-5-7-15;/h3-10,17,22H,11-13,20H2,1-2H3;1H. The number of hydrogen-bond donors (Lipinski definition) is 2. The largest absolute Gasteiger partial charge is 0.399 e. The number of likely N-dealkylation sites (N-methyl/N-ethyl adjacent to an activating group) is 1. The summed E-state index contributed by atoms with van der Waals surface area (Å²) in [7, 11) is 1.66. The molecular weight excluding hydrogens is 340 g/mol. The molecule has 25 heavy (non-hydrogen) atoms. The predicted octanol–water partition coefficient (Wildman–Crippen LogP) is 2.65. The number of carbonyl (C=O) groups is 1. The highest BCUT2D eigenvalue weighted by atomic mass is 35.5. The molecule has 0 aliphatic carbocycles. The molecule has 6 heteroatoms. The van der Waals surface area contributed by atoms with Gasteiger partial charge < -0.3 is 20.5 Å². The van der Waals surface area contributed by atoms with Gasteiger partial charge in [0.15, 0.2) is 0 Å². The van der Waals surface area contributed by atoms with Crippen LogP contribution in [-0.2, 0) is 11.3 Å². The van der Waals surface area contributed by atoms with Crippen molar-refractivity contribution in [2.75, 3.05) is 25.9 Å². The highest BCUT2D eigenvalue weighted by Crippen LogP contribution is 2.14. The van der Waals surface area contributed by atoms with Gasteiger partial charge in [0.05, 0.1) is 19.3 Å². The smallest absolute Gasteiger partial charge is 0.254 e. The molecular formula is C19H25ClN2O3. The van der Waals surface area contributed by atoms with Crippen molar-refractivity contribution in [2.24, 2.45) is 0 Å². The summed E-state index contributed by atoms with van der Waals surface area (Å²) in [6, 6.07) is 15.0. The lowest BCUT2D eigenvalue weighted by atomic mass is 10.1. The first-order valence-corrected chi connectivity index (χ1v) is 7.88. The second-order valence-electron chi connectivity index (χ2n) is 5.91. The lowest BCUT2D eigenvalue weighted by Gasteiger charge is -2.22. The van der Waals surface area contributed by atoms with Gasteiger partial charge >= 0.3 is 0 Å². The molecule has 1 unspecified atom stereocenters. The summed E-state index contributed by atoms with van der Waals surface area (Å²) in [6.45, 7) is 2.66. The first-order chi connectivity index (χ1) is 11.5. The van der Waals surface area contributed by atoms with E-state index in [1.807, 2.05) is 43.3 Å². The molecule has 2 rings (SSSR count). The minimum absolute atomic E-state index is 0. The summed E-state index contributed by atoms with van der Waals surface area (Å²) in [4.78, 5) is 14.0. The topological polar surface area (TPSA) is 75.8 Å². The van der Waals surface area contributed by atoms with Crippen LogP contribution in [0.4, 0.5) is 5.69 Å². The lowest BCUT2D eigenvalue weighted by Crippen LogP contribution is -2.36. The number of nitrogens with two attached hydrogens (primary N) is 1. The van der Waals surface area contributed by atoms with Gasteiger partial charge in [0.2, 0.25) is 0 Å². The van der Waals surface area contributed by atoms with Crippen molar-refractivity contribution in [1.29, 1.82) is 0 Å². The molecule has 1 amide bonds. The highest BCUT2D eigenvalue weighted by molar-refractivity contribution is 5.96. The number of halogens is 1. The number of amides is 1. The van der Waals surface area contributed by atoms with E-state index in [1.54, 1.807) is 19.2 Å². The van der Waals surface area contributed by atoms with Gasteiger partial charge in [-0.1, -0.05) is 36.4 Å². The highest BCUT2D eigenvalue weighted by Gasteiger charge is 2.17. The molecule has 1 atom stereocenters. The first-order valence-electron chi connectivity index (χ1n) is 7.88. The van der Waals surface area contributed by atoms with Gasteiger partial charge in [0, 0.05) is 24.8 Å². The van der Waals surface area contributed by atoms with Crippen LogP contribution in [0, 0.1) is 6.92 Å². The van der Waals surface area contributed by atoms with E-state index in [0.29, 0.717) is 17.9 Å². The average molecular weight is 365 g/mol. The Kier molecular flexibility index (Phi) is 8.41. The van der Waals surface area contributed by atoms with Crippen molar-refractivity contribution in [2.45, 2.75) is 19.6 Å². The summed E-state index contributed by atoms with van der Waals surface area (Å²) in [6.07, 6.45) is -0.746. The zero-order valence-corrected chi connectivity index (χ0v) is 15.3. The van der Waals surface area contributed by atoms with Crippen LogP contribution >= 0.6 is 12.4 Å². The molecule has 0 aliphatic heterocycles. The Morgan fingerprint density at radius 3 is 2.60 bits per heavy atom. The summed E-state index contributed by atoms with van der Waals surface area (Å²) >= 11 is 0. The molecule has 0 saturated heterocycles. The van der Waals surface area contributed by atoms with Gasteiger partial charge in [-0.3, -0.25) is 4.79 Å². The fourth-order valence-corrected chi connectivity index (χ4v) is 2.41. The molecule has 2 aromatic carbocycles. The molecule has 5 nitrogen and oxygen atoms in total. The molecule has 0 heterocycles. The van der Waals surface area contributed by atoms with Crippen LogP contribution < -0.4 is 5.73 Å². The maximum Gasteiger partial charge on any atom is 0.254 e. The van der Waals surface area contributed by atoms with E-state index >= 15 is 0 Å². The monoisotopic (exact) mass is 364 g/mol. The normalized spacial score (nSPS) is 11.5. The van der Waals surface area contributed by atoms with Gasteiger partial charge in [-0.25, -0.2) is 0 Å². The average Bonchev–Trinajstić information content (AvgIpc) is 2.57. The molecule has 0 fully saturated rings. The molecule has 0 bridgehead atoms. The van der Waals surface area contributed by atoms with Crippen LogP contribution in [0.2, 0.25) is 0 Å². The van der Waals surface area contributed by atoms with Crippen LogP contribution in [0.3, 0.4) is 0 Å². The zero-order valence-electron chi connectivity index (χ0n) is 14.5. The quantitative estimate of drug-likeness (QED) is 0.740. The number of anilines is 1. The van der Waals surface area contributed by atoms with Crippen molar-refractivity contribution >= 4 is 24.0 Å². The van der Waals surface area contributed by atoms with E-state index in [1.165, 1.54) is 4.90 Å². The second-order valence-corrected chi connectivity index (χ2v) is 5.91.